The van der Waals surface area contributed by atoms with E-state index in [2.05, 4.69) is 41.2 Å². The summed E-state index contributed by atoms with van der Waals surface area (Å²) in [6.45, 7) is 11.2. The van der Waals surface area contributed by atoms with E-state index >= 15 is 0 Å². The van der Waals surface area contributed by atoms with Crippen molar-refractivity contribution in [2.45, 2.75) is 47.2 Å². The van der Waals surface area contributed by atoms with Gasteiger partial charge in [-0.2, -0.15) is 5.10 Å². The Labute approximate surface area is 134 Å². The minimum atomic E-state index is 0.211. The number of nitrogens with one attached hydrogen (secondary N) is 1. The maximum Gasteiger partial charge on any atom is 0.155 e. The first-order chi connectivity index (χ1) is 10.5. The predicted octanol–water partition coefficient (Wildman–Crippen LogP) is 3.27. The fourth-order valence-corrected chi connectivity index (χ4v) is 3.58. The van der Waals surface area contributed by atoms with Gasteiger partial charge in [-0.3, -0.25) is 0 Å². The molecule has 3 rings (SSSR count). The van der Waals surface area contributed by atoms with Crippen molar-refractivity contribution >= 4 is 17.0 Å². The zero-order valence-electron chi connectivity index (χ0n) is 13.6. The van der Waals surface area contributed by atoms with Crippen LogP contribution in [-0.4, -0.2) is 19.6 Å². The van der Waals surface area contributed by atoms with Crippen LogP contribution in [0, 0.1) is 27.7 Å². The van der Waals surface area contributed by atoms with Crippen molar-refractivity contribution in [3.63, 3.8) is 0 Å². The van der Waals surface area contributed by atoms with Crippen molar-refractivity contribution in [2.75, 3.05) is 0 Å². The van der Waals surface area contributed by atoms with Gasteiger partial charge in [0.25, 0.3) is 0 Å². The van der Waals surface area contributed by atoms with Gasteiger partial charge in [0.2, 0.25) is 0 Å². The SMILES string of the molecule is Cc1cc2ncc(C(C)NCc3sc(C)nc3C)c(C)n2n1. The Morgan fingerprint density at radius 2 is 2.05 bits per heavy atom. The van der Waals surface area contributed by atoms with Gasteiger partial charge in [0.15, 0.2) is 5.65 Å². The molecule has 0 aromatic carbocycles. The van der Waals surface area contributed by atoms with Crippen molar-refractivity contribution in [1.29, 1.82) is 0 Å². The highest BCUT2D eigenvalue weighted by molar-refractivity contribution is 7.11. The number of aryl methyl sites for hydroxylation is 4. The molecule has 0 amide bonds. The van der Waals surface area contributed by atoms with Crippen molar-refractivity contribution in [3.05, 3.63) is 44.8 Å². The highest BCUT2D eigenvalue weighted by atomic mass is 32.1. The Morgan fingerprint density at radius 1 is 1.27 bits per heavy atom. The van der Waals surface area contributed by atoms with Crippen LogP contribution in [0.25, 0.3) is 5.65 Å². The van der Waals surface area contributed by atoms with Crippen molar-refractivity contribution in [1.82, 2.24) is 24.9 Å². The summed E-state index contributed by atoms with van der Waals surface area (Å²) in [4.78, 5) is 10.3. The predicted molar refractivity (Wildman–Crippen MR) is 89.3 cm³/mol. The minimum absolute atomic E-state index is 0.211. The maximum absolute atomic E-state index is 4.51. The second-order valence-corrected chi connectivity index (χ2v) is 6.99. The van der Waals surface area contributed by atoms with Crippen molar-refractivity contribution < 1.29 is 0 Å². The lowest BCUT2D eigenvalue weighted by atomic mass is 10.1. The normalized spacial score (nSPS) is 13.0. The number of thiazole rings is 1. The molecule has 0 aliphatic rings. The molecule has 0 saturated carbocycles. The summed E-state index contributed by atoms with van der Waals surface area (Å²) >= 11 is 1.75. The van der Waals surface area contributed by atoms with Crippen LogP contribution in [-0.2, 0) is 6.54 Å². The molecular weight excluding hydrogens is 294 g/mol. The molecule has 0 bridgehead atoms. The summed E-state index contributed by atoms with van der Waals surface area (Å²) in [7, 11) is 0. The van der Waals surface area contributed by atoms with Crippen molar-refractivity contribution in [2.24, 2.45) is 0 Å². The summed E-state index contributed by atoms with van der Waals surface area (Å²) in [5.41, 5.74) is 5.32. The van der Waals surface area contributed by atoms with Crippen LogP contribution in [0.4, 0.5) is 0 Å². The Morgan fingerprint density at radius 3 is 2.73 bits per heavy atom. The average molecular weight is 315 g/mol. The summed E-state index contributed by atoms with van der Waals surface area (Å²) < 4.78 is 1.92. The number of aromatic nitrogens is 4. The third kappa shape index (κ3) is 2.76. The molecule has 22 heavy (non-hydrogen) atoms. The second kappa shape index (κ2) is 5.78. The molecule has 1 N–H and O–H groups in total. The molecule has 0 fully saturated rings. The van der Waals surface area contributed by atoms with E-state index in [-0.39, 0.29) is 6.04 Å². The van der Waals surface area contributed by atoms with E-state index in [0.717, 1.165) is 34.3 Å². The molecule has 0 radical (unpaired) electrons. The molecule has 1 atom stereocenters. The van der Waals surface area contributed by atoms with E-state index in [0.29, 0.717) is 0 Å². The summed E-state index contributed by atoms with van der Waals surface area (Å²) in [6, 6.07) is 2.21. The summed E-state index contributed by atoms with van der Waals surface area (Å²) in [5, 5.41) is 9.20. The highest BCUT2D eigenvalue weighted by Gasteiger charge is 2.14. The van der Waals surface area contributed by atoms with E-state index in [1.54, 1.807) is 11.3 Å². The molecule has 6 heteroatoms. The minimum Gasteiger partial charge on any atom is -0.305 e. The first-order valence-corrected chi connectivity index (χ1v) is 8.25. The van der Waals surface area contributed by atoms with Gasteiger partial charge in [0.1, 0.15) is 0 Å². The molecular formula is C16H21N5S. The Balaban J connectivity index is 1.81. The fraction of sp³-hybridized carbons (Fsp3) is 0.438. The van der Waals surface area contributed by atoms with Crippen LogP contribution in [0.15, 0.2) is 12.3 Å². The van der Waals surface area contributed by atoms with Crippen LogP contribution in [0.1, 0.15) is 45.5 Å². The van der Waals surface area contributed by atoms with Gasteiger partial charge >= 0.3 is 0 Å². The van der Waals surface area contributed by atoms with Crippen LogP contribution >= 0.6 is 11.3 Å². The lowest BCUT2D eigenvalue weighted by molar-refractivity contribution is 0.567. The molecule has 116 valence electrons. The topological polar surface area (TPSA) is 55.1 Å². The van der Waals surface area contributed by atoms with E-state index in [1.807, 2.05) is 30.6 Å². The standard InChI is InChI=1S/C16H21N5S/c1-9-6-16-18-7-14(12(4)21(16)20-9)10(2)17-8-15-11(3)19-13(5)22-15/h6-7,10,17H,8H2,1-5H3. The quantitative estimate of drug-likeness (QED) is 0.803. The molecule has 0 saturated heterocycles. The number of nitrogens with zero attached hydrogens (tertiary/aromatic N) is 4. The molecule has 0 aliphatic heterocycles. The third-order valence-electron chi connectivity index (χ3n) is 3.92. The van der Waals surface area contributed by atoms with Gasteiger partial charge in [0, 0.05) is 41.0 Å². The number of hydrogen-bond donors (Lipinski definition) is 1. The molecule has 1 unspecified atom stereocenters. The van der Waals surface area contributed by atoms with E-state index in [9.17, 15) is 0 Å². The zero-order valence-corrected chi connectivity index (χ0v) is 14.5. The number of fused-ring (bicyclic) bond motifs is 1. The lowest BCUT2D eigenvalue weighted by Gasteiger charge is -2.16. The molecule has 3 aromatic heterocycles. The number of rotatable bonds is 4. The summed E-state index contributed by atoms with van der Waals surface area (Å²) in [6.07, 6.45) is 1.95. The van der Waals surface area contributed by atoms with Crippen LogP contribution in [0.5, 0.6) is 0 Å². The average Bonchev–Trinajstić information content (AvgIpc) is 2.99. The molecule has 0 spiro atoms. The Kier molecular flexibility index (Phi) is 3.97. The van der Waals surface area contributed by atoms with Gasteiger partial charge < -0.3 is 5.32 Å². The Bertz CT molecular complexity index is 817. The van der Waals surface area contributed by atoms with E-state index < -0.39 is 0 Å². The first kappa shape index (κ1) is 15.1. The van der Waals surface area contributed by atoms with Gasteiger partial charge in [0.05, 0.1) is 16.4 Å². The van der Waals surface area contributed by atoms with Gasteiger partial charge in [-0.15, -0.1) is 11.3 Å². The van der Waals surface area contributed by atoms with E-state index in [1.165, 1.54) is 10.4 Å². The zero-order chi connectivity index (χ0) is 15.9. The van der Waals surface area contributed by atoms with Gasteiger partial charge in [-0.25, -0.2) is 14.5 Å². The Hall–Kier alpha value is -1.79. The number of hydrogen-bond acceptors (Lipinski definition) is 5. The van der Waals surface area contributed by atoms with Crippen LogP contribution < -0.4 is 5.32 Å². The van der Waals surface area contributed by atoms with Crippen molar-refractivity contribution in [3.8, 4) is 0 Å². The molecule has 3 heterocycles. The van der Waals surface area contributed by atoms with E-state index in [4.69, 9.17) is 0 Å². The smallest absolute Gasteiger partial charge is 0.155 e. The van der Waals surface area contributed by atoms with Crippen LogP contribution in [0.2, 0.25) is 0 Å². The maximum atomic E-state index is 4.51. The fourth-order valence-electron chi connectivity index (χ4n) is 2.69. The molecule has 3 aromatic rings. The largest absolute Gasteiger partial charge is 0.305 e. The third-order valence-corrected chi connectivity index (χ3v) is 4.99. The summed E-state index contributed by atoms with van der Waals surface area (Å²) in [5.74, 6) is 0. The second-order valence-electron chi connectivity index (χ2n) is 5.70. The first-order valence-electron chi connectivity index (χ1n) is 7.44. The van der Waals surface area contributed by atoms with Gasteiger partial charge in [-0.1, -0.05) is 0 Å². The monoisotopic (exact) mass is 315 g/mol. The molecule has 5 nitrogen and oxygen atoms in total. The van der Waals surface area contributed by atoms with Gasteiger partial charge in [-0.05, 0) is 34.6 Å². The lowest BCUT2D eigenvalue weighted by Crippen LogP contribution is -2.20. The van der Waals surface area contributed by atoms with Crippen LogP contribution in [0.3, 0.4) is 0 Å². The molecule has 0 aliphatic carbocycles. The highest BCUT2D eigenvalue weighted by Crippen LogP contribution is 2.21.